The van der Waals surface area contributed by atoms with Gasteiger partial charge in [0.2, 0.25) is 0 Å². The van der Waals surface area contributed by atoms with E-state index in [1.165, 1.54) is 13.2 Å². The predicted octanol–water partition coefficient (Wildman–Crippen LogP) is 1.26. The summed E-state index contributed by atoms with van der Waals surface area (Å²) in [6, 6.07) is 3.34. The molecule has 2 amide bonds. The van der Waals surface area contributed by atoms with Crippen LogP contribution in [0, 0.1) is 0 Å². The number of rotatable bonds is 3. The van der Waals surface area contributed by atoms with Crippen LogP contribution < -0.4 is 20.7 Å². The minimum Gasteiger partial charge on any atom is -0.504 e. The molecule has 2 aliphatic heterocycles. The van der Waals surface area contributed by atoms with E-state index >= 15 is 0 Å². The van der Waals surface area contributed by atoms with E-state index in [1.54, 1.807) is 12.1 Å². The van der Waals surface area contributed by atoms with Crippen molar-refractivity contribution < 1.29 is 19.4 Å². The minimum atomic E-state index is -0.431. The van der Waals surface area contributed by atoms with Crippen molar-refractivity contribution in [3.8, 4) is 11.5 Å². The molecule has 7 nitrogen and oxygen atoms in total. The highest BCUT2D eigenvalue weighted by Crippen LogP contribution is 2.38. The monoisotopic (exact) mass is 335 g/mol. The Balaban J connectivity index is 2.04. The van der Waals surface area contributed by atoms with Gasteiger partial charge < -0.3 is 20.5 Å². The summed E-state index contributed by atoms with van der Waals surface area (Å²) < 4.78 is 5.17. The van der Waals surface area contributed by atoms with E-state index in [4.69, 9.17) is 10.5 Å². The average Bonchev–Trinajstić information content (AvgIpc) is 3.05. The van der Waals surface area contributed by atoms with Crippen molar-refractivity contribution in [2.75, 3.05) is 25.1 Å². The standard InChI is InChI=1S/C15H17N3O4S/c1-22-12-6-10(18-3-2-9(16)7-18)8(4-11(12)19)5-13-14(20)17-15(21)23-13/h4-6,9,19H,2-3,7,16H2,1H3,(H,17,20,21). The molecule has 1 aromatic carbocycles. The molecular formula is C15H17N3O4S. The van der Waals surface area contributed by atoms with E-state index in [2.05, 4.69) is 10.2 Å². The Bertz CT molecular complexity index is 704. The summed E-state index contributed by atoms with van der Waals surface area (Å²) in [6.45, 7) is 1.46. The van der Waals surface area contributed by atoms with Gasteiger partial charge in [-0.25, -0.2) is 0 Å². The number of carbonyl (C=O) groups excluding carboxylic acids is 2. The third-order valence-electron chi connectivity index (χ3n) is 3.82. The fraction of sp³-hybridized carbons (Fsp3) is 0.333. The van der Waals surface area contributed by atoms with Crippen LogP contribution in [-0.2, 0) is 4.79 Å². The summed E-state index contributed by atoms with van der Waals surface area (Å²) in [5, 5.41) is 11.8. The lowest BCUT2D eigenvalue weighted by atomic mass is 10.1. The number of carbonyl (C=O) groups is 2. The maximum Gasteiger partial charge on any atom is 0.290 e. The third kappa shape index (κ3) is 3.13. The minimum absolute atomic E-state index is 0.0265. The first kappa shape index (κ1) is 15.7. The molecule has 0 saturated carbocycles. The van der Waals surface area contributed by atoms with Crippen LogP contribution in [0.5, 0.6) is 11.5 Å². The van der Waals surface area contributed by atoms with Gasteiger partial charge in [0, 0.05) is 36.4 Å². The van der Waals surface area contributed by atoms with Crippen molar-refractivity contribution in [3.63, 3.8) is 0 Å². The van der Waals surface area contributed by atoms with Gasteiger partial charge in [-0.3, -0.25) is 14.9 Å². The molecule has 2 saturated heterocycles. The van der Waals surface area contributed by atoms with E-state index in [-0.39, 0.29) is 11.8 Å². The maximum absolute atomic E-state index is 11.7. The van der Waals surface area contributed by atoms with E-state index in [1.807, 2.05) is 0 Å². The van der Waals surface area contributed by atoms with Gasteiger partial charge in [0.05, 0.1) is 12.0 Å². The molecule has 0 spiro atoms. The van der Waals surface area contributed by atoms with Crippen LogP contribution in [0.1, 0.15) is 12.0 Å². The average molecular weight is 335 g/mol. The number of benzene rings is 1. The molecule has 0 radical (unpaired) electrons. The number of hydrogen-bond acceptors (Lipinski definition) is 7. The molecule has 1 aromatic rings. The molecule has 2 fully saturated rings. The summed E-state index contributed by atoms with van der Waals surface area (Å²) >= 11 is 0.842. The fourth-order valence-corrected chi connectivity index (χ4v) is 3.37. The second-order valence-corrected chi connectivity index (χ2v) is 6.44. The summed E-state index contributed by atoms with van der Waals surface area (Å²) in [6.07, 6.45) is 2.47. The topological polar surface area (TPSA) is 105 Å². The zero-order valence-electron chi connectivity index (χ0n) is 12.5. The first-order valence-electron chi connectivity index (χ1n) is 7.14. The Hall–Kier alpha value is -2.19. The van der Waals surface area contributed by atoms with E-state index < -0.39 is 11.1 Å². The summed E-state index contributed by atoms with van der Waals surface area (Å²) in [7, 11) is 1.48. The zero-order chi connectivity index (χ0) is 16.6. The van der Waals surface area contributed by atoms with Gasteiger partial charge in [0.1, 0.15) is 0 Å². The molecule has 8 heteroatoms. The lowest BCUT2D eigenvalue weighted by Gasteiger charge is -2.22. The quantitative estimate of drug-likeness (QED) is 0.714. The fourth-order valence-electron chi connectivity index (χ4n) is 2.70. The van der Waals surface area contributed by atoms with Gasteiger partial charge in [-0.05, 0) is 30.3 Å². The van der Waals surface area contributed by atoms with Crippen molar-refractivity contribution in [3.05, 3.63) is 22.6 Å². The molecule has 122 valence electrons. The van der Waals surface area contributed by atoms with E-state index in [0.29, 0.717) is 22.8 Å². The number of nitrogens with two attached hydrogens (primary N) is 1. The van der Waals surface area contributed by atoms with Gasteiger partial charge in [-0.15, -0.1) is 0 Å². The number of phenolic OH excluding ortho intramolecular Hbond substituents is 1. The highest BCUT2D eigenvalue weighted by molar-refractivity contribution is 8.18. The second kappa shape index (κ2) is 6.13. The number of aromatic hydroxyl groups is 1. The van der Waals surface area contributed by atoms with Gasteiger partial charge in [-0.2, -0.15) is 0 Å². The number of amides is 2. The Labute approximate surface area is 137 Å². The SMILES string of the molecule is COc1cc(N2CCC(N)C2)c(C=C2SC(=O)NC2=O)cc1O. The van der Waals surface area contributed by atoms with Gasteiger partial charge >= 0.3 is 0 Å². The van der Waals surface area contributed by atoms with Crippen molar-refractivity contribution in [2.24, 2.45) is 5.73 Å². The molecule has 0 aromatic heterocycles. The van der Waals surface area contributed by atoms with Crippen molar-refractivity contribution in [1.29, 1.82) is 0 Å². The van der Waals surface area contributed by atoms with E-state index in [0.717, 1.165) is 30.4 Å². The van der Waals surface area contributed by atoms with Crippen molar-refractivity contribution >= 4 is 34.7 Å². The molecule has 2 aliphatic rings. The summed E-state index contributed by atoms with van der Waals surface area (Å²) in [4.78, 5) is 25.4. The van der Waals surface area contributed by atoms with Crippen LogP contribution in [-0.4, -0.2) is 42.5 Å². The number of thioether (sulfide) groups is 1. The normalized spacial score (nSPS) is 22.8. The van der Waals surface area contributed by atoms with Gasteiger partial charge in [0.25, 0.3) is 11.1 Å². The van der Waals surface area contributed by atoms with Crippen LogP contribution in [0.3, 0.4) is 0 Å². The molecule has 3 rings (SSSR count). The van der Waals surface area contributed by atoms with Crippen LogP contribution in [0.2, 0.25) is 0 Å². The molecular weight excluding hydrogens is 318 g/mol. The number of phenols is 1. The molecule has 2 heterocycles. The molecule has 1 atom stereocenters. The lowest BCUT2D eigenvalue weighted by molar-refractivity contribution is -0.115. The van der Waals surface area contributed by atoms with Crippen LogP contribution >= 0.6 is 11.8 Å². The van der Waals surface area contributed by atoms with Gasteiger partial charge in [0.15, 0.2) is 11.5 Å². The first-order chi connectivity index (χ1) is 11.0. The van der Waals surface area contributed by atoms with Crippen LogP contribution in [0.4, 0.5) is 10.5 Å². The van der Waals surface area contributed by atoms with Gasteiger partial charge in [-0.1, -0.05) is 0 Å². The Morgan fingerprint density at radius 2 is 2.26 bits per heavy atom. The third-order valence-corrected chi connectivity index (χ3v) is 4.63. The predicted molar refractivity (Wildman–Crippen MR) is 88.6 cm³/mol. The number of imide groups is 1. The lowest BCUT2D eigenvalue weighted by Crippen LogP contribution is -2.26. The molecule has 0 aliphatic carbocycles. The molecule has 0 bridgehead atoms. The Morgan fingerprint density at radius 1 is 1.48 bits per heavy atom. The number of nitrogens with one attached hydrogen (secondary N) is 1. The maximum atomic E-state index is 11.7. The van der Waals surface area contributed by atoms with Crippen LogP contribution in [0.15, 0.2) is 17.0 Å². The largest absolute Gasteiger partial charge is 0.504 e. The number of methoxy groups -OCH3 is 1. The van der Waals surface area contributed by atoms with Crippen molar-refractivity contribution in [2.45, 2.75) is 12.5 Å². The Morgan fingerprint density at radius 3 is 2.83 bits per heavy atom. The molecule has 23 heavy (non-hydrogen) atoms. The molecule has 1 unspecified atom stereocenters. The Kier molecular flexibility index (Phi) is 4.18. The molecule has 4 N–H and O–H groups in total. The highest BCUT2D eigenvalue weighted by Gasteiger charge is 2.27. The number of ether oxygens (including phenoxy) is 1. The summed E-state index contributed by atoms with van der Waals surface area (Å²) in [5.74, 6) is -0.108. The highest BCUT2D eigenvalue weighted by atomic mass is 32.2. The van der Waals surface area contributed by atoms with E-state index in [9.17, 15) is 14.7 Å². The summed E-state index contributed by atoms with van der Waals surface area (Å²) in [5.41, 5.74) is 7.42. The number of hydrogen-bond donors (Lipinski definition) is 3. The van der Waals surface area contributed by atoms with Crippen molar-refractivity contribution in [1.82, 2.24) is 5.32 Å². The smallest absolute Gasteiger partial charge is 0.290 e. The number of anilines is 1. The first-order valence-corrected chi connectivity index (χ1v) is 7.96. The zero-order valence-corrected chi connectivity index (χ0v) is 13.4. The van der Waals surface area contributed by atoms with Crippen LogP contribution in [0.25, 0.3) is 6.08 Å². The second-order valence-electron chi connectivity index (χ2n) is 5.43. The number of nitrogens with zero attached hydrogens (tertiary/aromatic N) is 1.